The summed E-state index contributed by atoms with van der Waals surface area (Å²) in [6.45, 7) is 3.28. The molecule has 0 bridgehead atoms. The van der Waals surface area contributed by atoms with Crippen LogP contribution < -0.4 is 0 Å². The number of benzene rings is 2. The van der Waals surface area contributed by atoms with Gasteiger partial charge in [0.1, 0.15) is 0 Å². The van der Waals surface area contributed by atoms with Gasteiger partial charge in [0.15, 0.2) is 6.10 Å². The number of Topliss-reactive ketones (excluding diaryl/α,β-unsaturated/α-hetero) is 1. The number of esters is 1. The highest BCUT2D eigenvalue weighted by Crippen LogP contribution is 2.19. The van der Waals surface area contributed by atoms with Gasteiger partial charge in [0, 0.05) is 5.56 Å². The Balaban J connectivity index is 2.09. The lowest BCUT2D eigenvalue weighted by Gasteiger charge is -2.13. The van der Waals surface area contributed by atoms with Crippen LogP contribution in [0, 0.1) is 6.92 Å². The molecule has 0 aromatic heterocycles. The van der Waals surface area contributed by atoms with Crippen molar-refractivity contribution in [2.75, 3.05) is 0 Å². The minimum Gasteiger partial charge on any atom is -0.451 e. The number of halogens is 2. The summed E-state index contributed by atoms with van der Waals surface area (Å²) in [5.74, 6) is -4.80. The molecule has 0 radical (unpaired) electrons. The molecule has 0 saturated heterocycles. The molecule has 0 unspecified atom stereocenters. The standard InChI is InChI=1S/C18H16F2O5S/c1-11-3-5-13(6-4-11)16(21)12(2)25-17(22)14-7-9-15(10-8-14)26(23,24)18(19)20/h3-10,12,18H,1-2H3/t12-/m0/s1. The van der Waals surface area contributed by atoms with Crippen molar-refractivity contribution in [3.05, 3.63) is 65.2 Å². The Morgan fingerprint density at radius 2 is 1.42 bits per heavy atom. The van der Waals surface area contributed by atoms with Gasteiger partial charge in [0.05, 0.1) is 10.5 Å². The Morgan fingerprint density at radius 1 is 0.923 bits per heavy atom. The molecule has 8 heteroatoms. The smallest absolute Gasteiger partial charge is 0.341 e. The second-order valence-electron chi connectivity index (χ2n) is 5.61. The molecule has 2 rings (SSSR count). The van der Waals surface area contributed by atoms with E-state index in [1.54, 1.807) is 24.3 Å². The minimum atomic E-state index is -4.73. The number of hydrogen-bond acceptors (Lipinski definition) is 5. The summed E-state index contributed by atoms with van der Waals surface area (Å²) in [6.07, 6.45) is -1.06. The number of carbonyl (C=O) groups excluding carboxylic acids is 2. The Hall–Kier alpha value is -2.61. The molecule has 1 atom stereocenters. The van der Waals surface area contributed by atoms with Gasteiger partial charge in [-0.15, -0.1) is 0 Å². The van der Waals surface area contributed by atoms with E-state index >= 15 is 0 Å². The third-order valence-corrected chi connectivity index (χ3v) is 5.04. The summed E-state index contributed by atoms with van der Waals surface area (Å²) in [4.78, 5) is 23.7. The first-order chi connectivity index (χ1) is 12.1. The van der Waals surface area contributed by atoms with Gasteiger partial charge >= 0.3 is 11.7 Å². The van der Waals surface area contributed by atoms with E-state index in [-0.39, 0.29) is 5.56 Å². The van der Waals surface area contributed by atoms with Crippen molar-refractivity contribution < 1.29 is 31.5 Å². The Bertz CT molecular complexity index is 904. The van der Waals surface area contributed by atoms with Crippen molar-refractivity contribution in [1.82, 2.24) is 0 Å². The molecule has 138 valence electrons. The number of aryl methyl sites for hydroxylation is 1. The third kappa shape index (κ3) is 4.32. The molecule has 0 amide bonds. The van der Waals surface area contributed by atoms with E-state index in [0.29, 0.717) is 5.56 Å². The molecule has 0 fully saturated rings. The normalized spacial score (nSPS) is 12.7. The first-order valence-corrected chi connectivity index (χ1v) is 9.11. The van der Waals surface area contributed by atoms with Crippen LogP contribution in [-0.2, 0) is 14.6 Å². The quantitative estimate of drug-likeness (QED) is 0.565. The highest BCUT2D eigenvalue weighted by atomic mass is 32.2. The van der Waals surface area contributed by atoms with Crippen LogP contribution in [0.4, 0.5) is 8.78 Å². The average Bonchev–Trinajstić information content (AvgIpc) is 2.61. The van der Waals surface area contributed by atoms with Crippen LogP contribution in [0.5, 0.6) is 0 Å². The predicted octanol–water partition coefficient (Wildman–Crippen LogP) is 3.42. The van der Waals surface area contributed by atoms with E-state index in [2.05, 4.69) is 0 Å². The van der Waals surface area contributed by atoms with E-state index in [1.165, 1.54) is 6.92 Å². The number of rotatable bonds is 6. The van der Waals surface area contributed by atoms with Gasteiger partial charge in [0.25, 0.3) is 0 Å². The Labute approximate surface area is 149 Å². The highest BCUT2D eigenvalue weighted by Gasteiger charge is 2.27. The van der Waals surface area contributed by atoms with Crippen LogP contribution in [0.1, 0.15) is 33.2 Å². The first kappa shape index (κ1) is 19.7. The van der Waals surface area contributed by atoms with Gasteiger partial charge in [-0.25, -0.2) is 13.2 Å². The number of alkyl halides is 2. The molecule has 0 aliphatic carbocycles. The van der Waals surface area contributed by atoms with Crippen molar-refractivity contribution in [1.29, 1.82) is 0 Å². The van der Waals surface area contributed by atoms with Crippen LogP contribution in [0.2, 0.25) is 0 Å². The molecular weight excluding hydrogens is 366 g/mol. The SMILES string of the molecule is Cc1ccc(C(=O)[C@H](C)OC(=O)c2ccc(S(=O)(=O)C(F)F)cc2)cc1. The summed E-state index contributed by atoms with van der Waals surface area (Å²) in [6, 6.07) is 10.6. The second-order valence-corrected chi connectivity index (χ2v) is 7.53. The van der Waals surface area contributed by atoms with Crippen molar-refractivity contribution in [3.63, 3.8) is 0 Å². The van der Waals surface area contributed by atoms with Gasteiger partial charge in [-0.1, -0.05) is 29.8 Å². The maximum Gasteiger partial charge on any atom is 0.341 e. The van der Waals surface area contributed by atoms with E-state index in [0.717, 1.165) is 29.8 Å². The summed E-state index contributed by atoms with van der Waals surface area (Å²) in [5, 5.41) is 0. The summed E-state index contributed by atoms with van der Waals surface area (Å²) in [5.41, 5.74) is 1.31. The lowest BCUT2D eigenvalue weighted by molar-refractivity contribution is 0.0318. The number of carbonyl (C=O) groups is 2. The fraction of sp³-hybridized carbons (Fsp3) is 0.222. The molecule has 0 spiro atoms. The van der Waals surface area contributed by atoms with Crippen LogP contribution in [-0.4, -0.2) is 32.0 Å². The minimum absolute atomic E-state index is 0.0539. The molecule has 0 N–H and O–H groups in total. The lowest BCUT2D eigenvalue weighted by Crippen LogP contribution is -2.24. The molecule has 2 aromatic carbocycles. The van der Waals surface area contributed by atoms with Gasteiger partial charge in [-0.3, -0.25) is 4.79 Å². The predicted molar refractivity (Wildman–Crippen MR) is 90.0 cm³/mol. The molecule has 5 nitrogen and oxygen atoms in total. The molecule has 0 saturated carbocycles. The Kier molecular flexibility index (Phi) is 5.86. The largest absolute Gasteiger partial charge is 0.451 e. The second kappa shape index (κ2) is 7.74. The lowest BCUT2D eigenvalue weighted by atomic mass is 10.1. The van der Waals surface area contributed by atoms with Gasteiger partial charge in [-0.2, -0.15) is 8.78 Å². The number of sulfone groups is 1. The topological polar surface area (TPSA) is 77.5 Å². The van der Waals surface area contributed by atoms with Gasteiger partial charge < -0.3 is 4.74 Å². The van der Waals surface area contributed by atoms with E-state index < -0.39 is 38.3 Å². The van der Waals surface area contributed by atoms with Crippen molar-refractivity contribution in [2.45, 2.75) is 30.6 Å². The molecule has 0 aliphatic rings. The molecule has 0 heterocycles. The number of hydrogen-bond donors (Lipinski definition) is 0. The Morgan fingerprint density at radius 3 is 1.92 bits per heavy atom. The number of ketones is 1. The van der Waals surface area contributed by atoms with Crippen LogP contribution >= 0.6 is 0 Å². The average molecular weight is 382 g/mol. The maximum atomic E-state index is 12.5. The van der Waals surface area contributed by atoms with Crippen molar-refractivity contribution in [2.24, 2.45) is 0 Å². The van der Waals surface area contributed by atoms with Crippen molar-refractivity contribution in [3.8, 4) is 0 Å². The van der Waals surface area contributed by atoms with Crippen molar-refractivity contribution >= 4 is 21.6 Å². The highest BCUT2D eigenvalue weighted by molar-refractivity contribution is 7.91. The fourth-order valence-electron chi connectivity index (χ4n) is 2.12. The number of ether oxygens (including phenoxy) is 1. The summed E-state index contributed by atoms with van der Waals surface area (Å²) < 4.78 is 52.7. The zero-order chi connectivity index (χ0) is 19.5. The van der Waals surface area contributed by atoms with Crippen LogP contribution in [0.15, 0.2) is 53.4 Å². The van der Waals surface area contributed by atoms with Gasteiger partial charge in [-0.05, 0) is 38.1 Å². The van der Waals surface area contributed by atoms with Crippen LogP contribution in [0.3, 0.4) is 0 Å². The maximum absolute atomic E-state index is 12.5. The van der Waals surface area contributed by atoms with Crippen LogP contribution in [0.25, 0.3) is 0 Å². The van der Waals surface area contributed by atoms with Gasteiger partial charge in [0.2, 0.25) is 15.6 Å². The first-order valence-electron chi connectivity index (χ1n) is 7.57. The fourth-order valence-corrected chi connectivity index (χ4v) is 2.84. The molecular formula is C18H16F2O5S. The van der Waals surface area contributed by atoms with E-state index in [1.807, 2.05) is 6.92 Å². The summed E-state index contributed by atoms with van der Waals surface area (Å²) in [7, 11) is -4.73. The molecule has 26 heavy (non-hydrogen) atoms. The monoisotopic (exact) mass is 382 g/mol. The van der Waals surface area contributed by atoms with E-state index in [9.17, 15) is 26.8 Å². The zero-order valence-corrected chi connectivity index (χ0v) is 14.8. The molecule has 2 aromatic rings. The summed E-state index contributed by atoms with van der Waals surface area (Å²) >= 11 is 0. The van der Waals surface area contributed by atoms with E-state index in [4.69, 9.17) is 4.74 Å². The zero-order valence-electron chi connectivity index (χ0n) is 14.0. The molecule has 0 aliphatic heterocycles. The third-order valence-electron chi connectivity index (χ3n) is 3.64.